The lowest BCUT2D eigenvalue weighted by molar-refractivity contribution is 0.0128. The lowest BCUT2D eigenvalue weighted by atomic mass is 9.88. The van der Waals surface area contributed by atoms with E-state index in [1.165, 1.54) is 24.1 Å². The molecular formula is C17H24FN3O2. The minimum atomic E-state index is -1.61. The molecule has 1 rings (SSSR count). The molecule has 0 aromatic rings. The molecule has 1 saturated heterocycles. The number of hydrogen-bond donors (Lipinski definition) is 0. The van der Waals surface area contributed by atoms with Gasteiger partial charge in [0.1, 0.15) is 5.60 Å². The Morgan fingerprint density at radius 3 is 2.39 bits per heavy atom. The Bertz CT molecular complexity index is 559. The average molecular weight is 321 g/mol. The first-order chi connectivity index (χ1) is 10.6. The van der Waals surface area contributed by atoms with Gasteiger partial charge < -0.3 is 9.64 Å². The molecule has 5 nitrogen and oxygen atoms in total. The molecule has 0 aromatic carbocycles. The monoisotopic (exact) mass is 321 g/mol. The molecule has 0 bridgehead atoms. The van der Waals surface area contributed by atoms with Crippen LogP contribution in [-0.2, 0) is 4.74 Å². The summed E-state index contributed by atoms with van der Waals surface area (Å²) < 4.78 is 20.4. The van der Waals surface area contributed by atoms with Crippen LogP contribution in [0.25, 0.3) is 0 Å². The third kappa shape index (κ3) is 5.51. The van der Waals surface area contributed by atoms with Crippen LogP contribution in [0.1, 0.15) is 33.6 Å². The van der Waals surface area contributed by atoms with Gasteiger partial charge in [0.2, 0.25) is 0 Å². The second-order valence-corrected chi connectivity index (χ2v) is 6.51. The van der Waals surface area contributed by atoms with E-state index in [1.54, 1.807) is 20.8 Å². The molecule has 1 heterocycles. The summed E-state index contributed by atoms with van der Waals surface area (Å²) >= 11 is 0. The lowest BCUT2D eigenvalue weighted by Crippen LogP contribution is -2.49. The van der Waals surface area contributed by atoms with Crippen LogP contribution < -0.4 is 0 Å². The van der Waals surface area contributed by atoms with Crippen molar-refractivity contribution >= 4 is 11.8 Å². The second kappa shape index (κ2) is 7.40. The smallest absolute Gasteiger partial charge is 0.410 e. The van der Waals surface area contributed by atoms with Crippen molar-refractivity contribution in [3.05, 3.63) is 24.3 Å². The molecule has 1 amide bonds. The van der Waals surface area contributed by atoms with E-state index in [0.29, 0.717) is 0 Å². The minimum Gasteiger partial charge on any atom is -0.444 e. The number of nitrogens with zero attached hydrogens (tertiary/aromatic N) is 3. The van der Waals surface area contributed by atoms with Crippen LogP contribution >= 0.6 is 0 Å². The van der Waals surface area contributed by atoms with E-state index < -0.39 is 17.4 Å². The molecule has 126 valence electrons. The van der Waals surface area contributed by atoms with Gasteiger partial charge in [-0.05, 0) is 32.9 Å². The van der Waals surface area contributed by atoms with Gasteiger partial charge in [-0.25, -0.2) is 9.18 Å². The van der Waals surface area contributed by atoms with Gasteiger partial charge in [-0.2, -0.15) is 5.26 Å². The van der Waals surface area contributed by atoms with E-state index in [2.05, 4.69) is 11.6 Å². The first kappa shape index (κ1) is 18.9. The lowest BCUT2D eigenvalue weighted by Gasteiger charge is -2.37. The maximum absolute atomic E-state index is 15.1. The fraction of sp³-hybridized carbons (Fsp3) is 0.588. The van der Waals surface area contributed by atoms with Gasteiger partial charge in [0.25, 0.3) is 0 Å². The summed E-state index contributed by atoms with van der Waals surface area (Å²) in [5.74, 6) is 0. The number of nitriles is 1. The molecular weight excluding hydrogens is 297 g/mol. The van der Waals surface area contributed by atoms with E-state index in [4.69, 9.17) is 10.00 Å². The fourth-order valence-corrected chi connectivity index (χ4v) is 2.27. The molecule has 0 N–H and O–H groups in total. The van der Waals surface area contributed by atoms with Crippen molar-refractivity contribution in [3.8, 4) is 6.07 Å². The first-order valence-corrected chi connectivity index (χ1v) is 7.52. The predicted octanol–water partition coefficient (Wildman–Crippen LogP) is 3.43. The largest absolute Gasteiger partial charge is 0.444 e. The Labute approximate surface area is 137 Å². The Morgan fingerprint density at radius 1 is 1.39 bits per heavy atom. The molecule has 0 aromatic heterocycles. The van der Waals surface area contributed by atoms with Gasteiger partial charge in [-0.1, -0.05) is 6.58 Å². The Hall–Kier alpha value is -2.16. The third-order valence-electron chi connectivity index (χ3n) is 3.49. The highest BCUT2D eigenvalue weighted by Gasteiger charge is 2.40. The number of piperidine rings is 1. The molecule has 0 saturated carbocycles. The summed E-state index contributed by atoms with van der Waals surface area (Å²) in [6.07, 6.45) is 2.78. The normalized spacial score (nSPS) is 18.6. The maximum atomic E-state index is 15.1. The van der Waals surface area contributed by atoms with E-state index in [-0.39, 0.29) is 37.2 Å². The van der Waals surface area contributed by atoms with Crippen LogP contribution in [-0.4, -0.2) is 48.1 Å². The second-order valence-electron chi connectivity index (χ2n) is 6.51. The van der Waals surface area contributed by atoms with E-state index in [1.807, 2.05) is 6.07 Å². The van der Waals surface area contributed by atoms with E-state index in [9.17, 15) is 4.79 Å². The summed E-state index contributed by atoms with van der Waals surface area (Å²) in [5.41, 5.74) is -1.68. The fourth-order valence-electron chi connectivity index (χ4n) is 2.27. The number of alkyl halides is 1. The minimum absolute atomic E-state index is 0.141. The van der Waals surface area contributed by atoms with Crippen molar-refractivity contribution in [2.75, 3.05) is 20.1 Å². The molecule has 0 aliphatic carbocycles. The van der Waals surface area contributed by atoms with E-state index >= 15 is 4.39 Å². The van der Waals surface area contributed by atoms with Crippen molar-refractivity contribution < 1.29 is 13.9 Å². The van der Waals surface area contributed by atoms with Gasteiger partial charge in [-0.3, -0.25) is 4.99 Å². The molecule has 6 heteroatoms. The number of allylic oxidation sites excluding steroid dienone is 3. The first-order valence-electron chi connectivity index (χ1n) is 7.52. The van der Waals surface area contributed by atoms with Crippen molar-refractivity contribution in [1.82, 2.24) is 4.90 Å². The van der Waals surface area contributed by atoms with Gasteiger partial charge in [0.05, 0.1) is 11.8 Å². The summed E-state index contributed by atoms with van der Waals surface area (Å²) in [4.78, 5) is 17.5. The van der Waals surface area contributed by atoms with Gasteiger partial charge in [0.15, 0.2) is 5.67 Å². The summed E-state index contributed by atoms with van der Waals surface area (Å²) in [6, 6.07) is 1.88. The van der Waals surface area contributed by atoms with Crippen LogP contribution in [0.4, 0.5) is 9.18 Å². The molecule has 1 fully saturated rings. The summed E-state index contributed by atoms with van der Waals surface area (Å²) in [7, 11) is 1.51. The van der Waals surface area contributed by atoms with Crippen molar-refractivity contribution in [1.29, 1.82) is 5.26 Å². The Balaban J connectivity index is 2.72. The SMILES string of the molecule is C=C(C#N)/C=C\C(=N/C)C1(F)CCN(C(=O)OC(C)(C)C)CC1. The number of carbonyl (C=O) groups is 1. The molecule has 23 heavy (non-hydrogen) atoms. The average Bonchev–Trinajstić information content (AvgIpc) is 2.46. The van der Waals surface area contributed by atoms with Crippen LogP contribution in [0.2, 0.25) is 0 Å². The number of halogens is 1. The zero-order chi connectivity index (χ0) is 17.7. The summed E-state index contributed by atoms with van der Waals surface area (Å²) in [5, 5.41) is 8.69. The van der Waals surface area contributed by atoms with Crippen molar-refractivity contribution in [2.24, 2.45) is 4.99 Å². The van der Waals surface area contributed by atoms with Gasteiger partial charge in [-0.15, -0.1) is 0 Å². The zero-order valence-corrected chi connectivity index (χ0v) is 14.2. The highest BCUT2D eigenvalue weighted by molar-refractivity contribution is 6.02. The predicted molar refractivity (Wildman–Crippen MR) is 88.1 cm³/mol. The topological polar surface area (TPSA) is 65.7 Å². The van der Waals surface area contributed by atoms with Crippen molar-refractivity contribution in [2.45, 2.75) is 44.9 Å². The van der Waals surface area contributed by atoms with Crippen LogP contribution in [0.5, 0.6) is 0 Å². The Morgan fingerprint density at radius 2 is 1.96 bits per heavy atom. The van der Waals surface area contributed by atoms with Crippen LogP contribution in [0.3, 0.4) is 0 Å². The molecule has 0 radical (unpaired) electrons. The number of hydrogen-bond acceptors (Lipinski definition) is 4. The number of aliphatic imine (C=N–C) groups is 1. The third-order valence-corrected chi connectivity index (χ3v) is 3.49. The number of rotatable bonds is 3. The van der Waals surface area contributed by atoms with Crippen LogP contribution in [0, 0.1) is 11.3 Å². The van der Waals surface area contributed by atoms with Crippen LogP contribution in [0.15, 0.2) is 29.3 Å². The zero-order valence-electron chi connectivity index (χ0n) is 14.2. The van der Waals surface area contributed by atoms with Crippen molar-refractivity contribution in [3.63, 3.8) is 0 Å². The highest BCUT2D eigenvalue weighted by Crippen LogP contribution is 2.30. The maximum Gasteiger partial charge on any atom is 0.410 e. The molecule has 1 aliphatic heterocycles. The number of likely N-dealkylation sites (tertiary alicyclic amines) is 1. The number of carbonyl (C=O) groups excluding carboxylic acids is 1. The number of ether oxygens (including phenoxy) is 1. The molecule has 1 aliphatic rings. The Kier molecular flexibility index (Phi) is 6.08. The quantitative estimate of drug-likeness (QED) is 0.454. The van der Waals surface area contributed by atoms with E-state index in [0.717, 1.165) is 0 Å². The van der Waals surface area contributed by atoms with Gasteiger partial charge in [0, 0.05) is 38.6 Å². The molecule has 0 unspecified atom stereocenters. The standard InChI is InChI=1S/C17H24FN3O2/c1-13(12-19)6-7-14(20-5)17(18)8-10-21(11-9-17)15(22)23-16(2,3)4/h6-7H,1,8-11H2,2-5H3/b7-6-,20-14+. The highest BCUT2D eigenvalue weighted by atomic mass is 19.1. The molecule has 0 spiro atoms. The summed E-state index contributed by atoms with van der Waals surface area (Å²) in [6.45, 7) is 9.43. The molecule has 0 atom stereocenters. The number of amides is 1. The van der Waals surface area contributed by atoms with Gasteiger partial charge >= 0.3 is 6.09 Å².